The van der Waals surface area contributed by atoms with Crippen molar-refractivity contribution in [1.29, 1.82) is 0 Å². The Hall–Kier alpha value is -3.57. The van der Waals surface area contributed by atoms with Crippen LogP contribution in [-0.2, 0) is 22.6 Å². The number of aromatic nitrogens is 4. The molecule has 0 aliphatic carbocycles. The molecule has 11 heteroatoms. The van der Waals surface area contributed by atoms with Gasteiger partial charge in [-0.25, -0.2) is 22.5 Å². The average molecular weight is 468 g/mol. The molecule has 1 aliphatic heterocycles. The van der Waals surface area contributed by atoms with Gasteiger partial charge in [-0.1, -0.05) is 6.07 Å². The van der Waals surface area contributed by atoms with E-state index in [1.165, 1.54) is 4.68 Å². The average Bonchev–Trinajstić information content (AvgIpc) is 3.22. The van der Waals surface area contributed by atoms with Crippen molar-refractivity contribution in [3.63, 3.8) is 0 Å². The highest BCUT2D eigenvalue weighted by molar-refractivity contribution is 7.89. The predicted octanol–water partition coefficient (Wildman–Crippen LogP) is 3.54. The van der Waals surface area contributed by atoms with Gasteiger partial charge < -0.3 is 10.2 Å². The highest BCUT2D eigenvalue weighted by Crippen LogP contribution is 2.37. The van der Waals surface area contributed by atoms with Crippen molar-refractivity contribution in [3.8, 4) is 0 Å². The van der Waals surface area contributed by atoms with Crippen LogP contribution in [-0.4, -0.2) is 35.2 Å². The molecule has 0 bridgehead atoms. The van der Waals surface area contributed by atoms with Crippen molar-refractivity contribution in [3.05, 3.63) is 60.2 Å². The minimum atomic E-state index is -3.59. The van der Waals surface area contributed by atoms with Crippen molar-refractivity contribution in [1.82, 2.24) is 24.5 Å². The van der Waals surface area contributed by atoms with Crippen LogP contribution in [0.15, 0.2) is 53.7 Å². The van der Waals surface area contributed by atoms with E-state index >= 15 is 4.39 Å². The van der Waals surface area contributed by atoms with Crippen LogP contribution in [0.25, 0.3) is 10.9 Å². The van der Waals surface area contributed by atoms with Gasteiger partial charge in [0.15, 0.2) is 5.82 Å². The molecule has 0 amide bonds. The molecular weight excluding hydrogens is 445 g/mol. The van der Waals surface area contributed by atoms with Gasteiger partial charge in [0.1, 0.15) is 11.3 Å². The lowest BCUT2D eigenvalue weighted by Gasteiger charge is -2.20. The van der Waals surface area contributed by atoms with E-state index in [0.29, 0.717) is 33.7 Å². The molecule has 0 saturated heterocycles. The van der Waals surface area contributed by atoms with E-state index in [1.54, 1.807) is 67.8 Å². The zero-order chi connectivity index (χ0) is 23.5. The molecule has 33 heavy (non-hydrogen) atoms. The second kappa shape index (κ2) is 7.22. The molecule has 0 atom stereocenters. The van der Waals surface area contributed by atoms with Crippen LogP contribution < -0.4 is 14.9 Å². The standard InChI is InChI=1S/C22H22FN7O2S/c1-22(2)15-7-6-14(11-17(15)33(31,32)28-22)26-21-24-10-9-18(27-21)29(3)16-8-5-13-12-25-30(4)20(13)19(16)23/h5-12,28H,1-4H3,(H,24,26,27). The number of rotatable bonds is 4. The third-order valence-electron chi connectivity index (χ3n) is 5.76. The van der Waals surface area contributed by atoms with E-state index in [-0.39, 0.29) is 10.8 Å². The summed E-state index contributed by atoms with van der Waals surface area (Å²) in [6.07, 6.45) is 3.17. The number of nitrogens with one attached hydrogen (secondary N) is 2. The van der Waals surface area contributed by atoms with Crippen LogP contribution in [0.2, 0.25) is 0 Å². The van der Waals surface area contributed by atoms with Gasteiger partial charge in [0.05, 0.1) is 22.3 Å². The van der Waals surface area contributed by atoms with E-state index in [2.05, 4.69) is 25.1 Å². The summed E-state index contributed by atoms with van der Waals surface area (Å²) in [4.78, 5) is 10.5. The fourth-order valence-electron chi connectivity index (χ4n) is 4.10. The third-order valence-corrected chi connectivity index (χ3v) is 7.45. The first-order valence-electron chi connectivity index (χ1n) is 10.2. The second-order valence-corrected chi connectivity index (χ2v) is 10.1. The molecule has 0 fully saturated rings. The molecular formula is C22H22FN7O2S. The number of sulfonamides is 1. The summed E-state index contributed by atoms with van der Waals surface area (Å²) in [5.74, 6) is 0.315. The van der Waals surface area contributed by atoms with E-state index in [0.717, 1.165) is 0 Å². The first-order valence-corrected chi connectivity index (χ1v) is 11.7. The summed E-state index contributed by atoms with van der Waals surface area (Å²) >= 11 is 0. The van der Waals surface area contributed by atoms with Crippen LogP contribution in [0.3, 0.4) is 0 Å². The monoisotopic (exact) mass is 467 g/mol. The minimum absolute atomic E-state index is 0.220. The number of fused-ring (bicyclic) bond motifs is 2. The lowest BCUT2D eigenvalue weighted by molar-refractivity contribution is 0.494. The Morgan fingerprint density at radius 3 is 2.76 bits per heavy atom. The SMILES string of the molecule is CN(c1ccnc(Nc2ccc3c(c2)S(=O)(=O)NC3(C)C)n1)c1ccc2cnn(C)c2c1F. The third kappa shape index (κ3) is 3.49. The highest BCUT2D eigenvalue weighted by Gasteiger charge is 2.39. The van der Waals surface area contributed by atoms with Crippen LogP contribution >= 0.6 is 0 Å². The Morgan fingerprint density at radius 1 is 1.18 bits per heavy atom. The van der Waals surface area contributed by atoms with Gasteiger partial charge in [0, 0.05) is 31.4 Å². The van der Waals surface area contributed by atoms with Crippen molar-refractivity contribution >= 4 is 44.1 Å². The summed E-state index contributed by atoms with van der Waals surface area (Å²) in [5, 5.41) is 7.87. The fourth-order valence-corrected chi connectivity index (χ4v) is 5.89. The highest BCUT2D eigenvalue weighted by atomic mass is 32.2. The Bertz CT molecular complexity index is 1510. The number of hydrogen-bond donors (Lipinski definition) is 2. The topological polar surface area (TPSA) is 105 Å². The summed E-state index contributed by atoms with van der Waals surface area (Å²) in [5.41, 5.74) is 1.29. The molecule has 4 aromatic rings. The van der Waals surface area contributed by atoms with Gasteiger partial charge >= 0.3 is 0 Å². The number of anilines is 4. The van der Waals surface area contributed by atoms with Gasteiger partial charge in [0.25, 0.3) is 0 Å². The number of halogens is 1. The first-order chi connectivity index (χ1) is 15.6. The summed E-state index contributed by atoms with van der Waals surface area (Å²) in [6, 6.07) is 10.2. The lowest BCUT2D eigenvalue weighted by atomic mass is 9.95. The molecule has 9 nitrogen and oxygen atoms in total. The van der Waals surface area contributed by atoms with Gasteiger partial charge in [-0.15, -0.1) is 0 Å². The number of aryl methyl sites for hydroxylation is 1. The van der Waals surface area contributed by atoms with Gasteiger partial charge in [0.2, 0.25) is 16.0 Å². The van der Waals surface area contributed by atoms with E-state index in [1.807, 2.05) is 13.8 Å². The van der Waals surface area contributed by atoms with E-state index in [4.69, 9.17) is 0 Å². The fraction of sp³-hybridized carbons (Fsp3) is 0.227. The molecule has 5 rings (SSSR count). The summed E-state index contributed by atoms with van der Waals surface area (Å²) in [7, 11) is -0.194. The molecule has 1 aliphatic rings. The molecule has 0 saturated carbocycles. The maximum atomic E-state index is 15.2. The van der Waals surface area contributed by atoms with Gasteiger partial charge in [-0.05, 0) is 49.7 Å². The molecule has 3 heterocycles. The predicted molar refractivity (Wildman–Crippen MR) is 124 cm³/mol. The molecule has 170 valence electrons. The second-order valence-electron chi connectivity index (χ2n) is 8.47. The van der Waals surface area contributed by atoms with E-state index in [9.17, 15) is 8.42 Å². The van der Waals surface area contributed by atoms with E-state index < -0.39 is 21.4 Å². The van der Waals surface area contributed by atoms with Crippen molar-refractivity contribution in [2.45, 2.75) is 24.3 Å². The van der Waals surface area contributed by atoms with Crippen molar-refractivity contribution in [2.75, 3.05) is 17.3 Å². The first kappa shape index (κ1) is 21.3. The van der Waals surface area contributed by atoms with Gasteiger partial charge in [-0.3, -0.25) is 4.68 Å². The Labute approximate surface area is 190 Å². The zero-order valence-electron chi connectivity index (χ0n) is 18.5. The van der Waals surface area contributed by atoms with Gasteiger partial charge in [-0.2, -0.15) is 10.1 Å². The Morgan fingerprint density at radius 2 is 1.97 bits per heavy atom. The maximum absolute atomic E-state index is 15.2. The Kier molecular flexibility index (Phi) is 4.66. The molecule has 2 aromatic carbocycles. The molecule has 2 aromatic heterocycles. The maximum Gasteiger partial charge on any atom is 0.241 e. The summed E-state index contributed by atoms with van der Waals surface area (Å²) < 4.78 is 44.3. The quantitative estimate of drug-likeness (QED) is 0.473. The molecule has 0 unspecified atom stereocenters. The van der Waals surface area contributed by atoms with Crippen molar-refractivity contribution in [2.24, 2.45) is 7.05 Å². The van der Waals surface area contributed by atoms with Crippen LogP contribution in [0.4, 0.5) is 27.5 Å². The number of benzene rings is 2. The zero-order valence-corrected chi connectivity index (χ0v) is 19.3. The minimum Gasteiger partial charge on any atom is -0.327 e. The van der Waals surface area contributed by atoms with Crippen LogP contribution in [0.1, 0.15) is 19.4 Å². The molecule has 0 spiro atoms. The molecule has 0 radical (unpaired) electrons. The smallest absolute Gasteiger partial charge is 0.241 e. The lowest BCUT2D eigenvalue weighted by Crippen LogP contribution is -2.32. The number of nitrogens with zero attached hydrogens (tertiary/aromatic N) is 5. The normalized spacial score (nSPS) is 16.0. The molecule has 2 N–H and O–H groups in total. The summed E-state index contributed by atoms with van der Waals surface area (Å²) in [6.45, 7) is 3.63. The van der Waals surface area contributed by atoms with Crippen molar-refractivity contribution < 1.29 is 12.8 Å². The largest absolute Gasteiger partial charge is 0.327 e. The van der Waals surface area contributed by atoms with Crippen LogP contribution in [0.5, 0.6) is 0 Å². The number of hydrogen-bond acceptors (Lipinski definition) is 7. The Balaban J connectivity index is 1.46. The van der Waals surface area contributed by atoms with Crippen LogP contribution in [0, 0.1) is 5.82 Å².